The van der Waals surface area contributed by atoms with Gasteiger partial charge in [-0.25, -0.2) is 0 Å². The molecule has 0 unspecified atom stereocenters. The predicted octanol–water partition coefficient (Wildman–Crippen LogP) is 14.9. The molecule has 0 bridgehead atoms. The highest BCUT2D eigenvalue weighted by Gasteiger charge is 2.18. The van der Waals surface area contributed by atoms with Crippen molar-refractivity contribution >= 4 is 21.8 Å². The number of aryl methyl sites for hydroxylation is 4. The minimum Gasteiger partial charge on any atom is -0.317 e. The van der Waals surface area contributed by atoms with E-state index in [4.69, 9.17) is 0 Å². The molecular weight excluding hydrogens is 753 g/mol. The zero-order valence-electron chi connectivity index (χ0n) is 35.1. The molecule has 2 heterocycles. The smallest absolute Gasteiger partial charge is 0.101 e. The van der Waals surface area contributed by atoms with Gasteiger partial charge in [-0.15, -0.1) is 0 Å². The van der Waals surface area contributed by atoms with Gasteiger partial charge in [-0.2, -0.15) is 10.5 Å². The molecule has 0 N–H and O–H groups in total. The number of fused-ring (bicyclic) bond motifs is 2. The predicted molar refractivity (Wildman–Crippen MR) is 256 cm³/mol. The lowest BCUT2D eigenvalue weighted by Gasteiger charge is -2.19. The zero-order chi connectivity index (χ0) is 42.5. The first-order chi connectivity index (χ1) is 30.3. The quantitative estimate of drug-likeness (QED) is 0.161. The van der Waals surface area contributed by atoms with Crippen molar-refractivity contribution in [2.24, 2.45) is 0 Å². The van der Waals surface area contributed by atoms with Crippen molar-refractivity contribution in [1.82, 2.24) is 9.13 Å². The van der Waals surface area contributed by atoms with Crippen LogP contribution >= 0.6 is 0 Å². The number of rotatable bonds is 7. The summed E-state index contributed by atoms with van der Waals surface area (Å²) in [5.74, 6) is 0. The lowest BCUT2D eigenvalue weighted by atomic mass is 9.85. The molecule has 62 heavy (non-hydrogen) atoms. The van der Waals surface area contributed by atoms with Crippen molar-refractivity contribution in [3.05, 3.63) is 216 Å². The first-order valence-corrected chi connectivity index (χ1v) is 20.9. The normalized spacial score (nSPS) is 11.2. The van der Waals surface area contributed by atoms with Crippen molar-refractivity contribution in [2.75, 3.05) is 0 Å². The molecule has 2 aromatic heterocycles. The molecule has 0 saturated heterocycles. The third-order valence-corrected chi connectivity index (χ3v) is 12.3. The second-order valence-corrected chi connectivity index (χ2v) is 16.3. The van der Waals surface area contributed by atoms with Gasteiger partial charge in [0.2, 0.25) is 0 Å². The summed E-state index contributed by atoms with van der Waals surface area (Å²) >= 11 is 0. The van der Waals surface area contributed by atoms with Crippen LogP contribution in [0.4, 0.5) is 0 Å². The van der Waals surface area contributed by atoms with Gasteiger partial charge < -0.3 is 9.13 Å². The Kier molecular flexibility index (Phi) is 9.48. The second kappa shape index (κ2) is 15.4. The van der Waals surface area contributed by atoms with Gasteiger partial charge in [0.1, 0.15) is 12.1 Å². The molecular formula is C58H42N4. The van der Waals surface area contributed by atoms with E-state index in [2.05, 4.69) is 201 Å². The average molecular weight is 795 g/mol. The summed E-state index contributed by atoms with van der Waals surface area (Å²) in [6.07, 6.45) is 4.28. The molecule has 0 aliphatic rings. The minimum absolute atomic E-state index is 0.371. The Labute approximate surface area is 362 Å². The Morgan fingerprint density at radius 1 is 0.339 bits per heavy atom. The lowest BCUT2D eigenvalue weighted by Crippen LogP contribution is -1.96. The van der Waals surface area contributed by atoms with E-state index in [1.165, 1.54) is 77.4 Å². The third kappa shape index (κ3) is 6.75. The molecule has 0 fully saturated rings. The maximum absolute atomic E-state index is 10.0. The molecule has 0 spiro atoms. The molecule has 8 aromatic carbocycles. The molecule has 0 atom stereocenters. The summed E-state index contributed by atoms with van der Waals surface area (Å²) in [7, 11) is 0. The Morgan fingerprint density at radius 3 is 1.16 bits per heavy atom. The van der Waals surface area contributed by atoms with Crippen molar-refractivity contribution < 1.29 is 0 Å². The number of hydrogen-bond donors (Lipinski definition) is 0. The molecule has 4 heteroatoms. The molecule has 0 saturated carbocycles. The molecule has 294 valence electrons. The van der Waals surface area contributed by atoms with Gasteiger partial charge in [-0.05, 0) is 195 Å². The van der Waals surface area contributed by atoms with Crippen LogP contribution in [0.3, 0.4) is 0 Å². The van der Waals surface area contributed by atoms with Crippen molar-refractivity contribution in [1.29, 1.82) is 10.5 Å². The van der Waals surface area contributed by atoms with Gasteiger partial charge in [0.25, 0.3) is 0 Å². The molecule has 10 rings (SSSR count). The fourth-order valence-corrected chi connectivity index (χ4v) is 9.41. The summed E-state index contributed by atoms with van der Waals surface area (Å²) < 4.78 is 4.50. The highest BCUT2D eigenvalue weighted by molar-refractivity contribution is 5.91. The van der Waals surface area contributed by atoms with Crippen LogP contribution in [-0.2, 0) is 0 Å². The fraction of sp³-hybridized carbons (Fsp3) is 0.0690. The maximum Gasteiger partial charge on any atom is 0.101 e. The lowest BCUT2D eigenvalue weighted by molar-refractivity contribution is 1.13. The minimum atomic E-state index is 0.371. The van der Waals surface area contributed by atoms with E-state index in [0.717, 1.165) is 33.6 Å². The number of aromatic nitrogens is 2. The fourth-order valence-electron chi connectivity index (χ4n) is 9.41. The summed E-state index contributed by atoms with van der Waals surface area (Å²) in [5.41, 5.74) is 21.2. The number of hydrogen-bond acceptors (Lipinski definition) is 2. The maximum atomic E-state index is 10.0. The van der Waals surface area contributed by atoms with Crippen LogP contribution in [0.25, 0.3) is 88.8 Å². The Morgan fingerprint density at radius 2 is 0.726 bits per heavy atom. The van der Waals surface area contributed by atoms with Gasteiger partial charge in [0, 0.05) is 23.8 Å². The standard InChI is InChI=1S/C58H42N4/c1-37-25-47(44-17-15-41-21-23-61(55(41)33-44)53-11-7-5-8-12-53)26-38(2)57(37)50-30-49(43-19-20-46(35-59)52(29-43)36-60)31-51(32-50)58-39(3)27-48(28-40(58)4)45-18-16-42-22-24-62(56(42)34-45)54-13-9-6-10-14-54/h5-34H,1-4H3. The number of para-hydroxylation sites is 2. The molecule has 4 nitrogen and oxygen atoms in total. The van der Waals surface area contributed by atoms with Crippen LogP contribution in [0.2, 0.25) is 0 Å². The van der Waals surface area contributed by atoms with Crippen LogP contribution in [0.1, 0.15) is 33.4 Å². The Hall–Kier alpha value is -8.18. The van der Waals surface area contributed by atoms with E-state index < -0.39 is 0 Å². The van der Waals surface area contributed by atoms with E-state index in [-0.39, 0.29) is 0 Å². The van der Waals surface area contributed by atoms with E-state index in [9.17, 15) is 10.5 Å². The molecule has 0 amide bonds. The molecule has 10 aromatic rings. The second-order valence-electron chi connectivity index (χ2n) is 16.3. The third-order valence-electron chi connectivity index (χ3n) is 12.3. The zero-order valence-corrected chi connectivity index (χ0v) is 35.1. The highest BCUT2D eigenvalue weighted by Crippen LogP contribution is 2.41. The van der Waals surface area contributed by atoms with Gasteiger partial charge in [0.15, 0.2) is 0 Å². The van der Waals surface area contributed by atoms with E-state index in [0.29, 0.717) is 11.1 Å². The van der Waals surface area contributed by atoms with Crippen LogP contribution in [0.15, 0.2) is 182 Å². The summed E-state index contributed by atoms with van der Waals surface area (Å²) in [6, 6.07) is 64.7. The van der Waals surface area contributed by atoms with Crippen LogP contribution in [0, 0.1) is 50.4 Å². The summed E-state index contributed by atoms with van der Waals surface area (Å²) in [6.45, 7) is 8.81. The number of nitriles is 2. The van der Waals surface area contributed by atoms with Gasteiger partial charge in [-0.3, -0.25) is 0 Å². The van der Waals surface area contributed by atoms with E-state index in [1.807, 2.05) is 24.3 Å². The van der Waals surface area contributed by atoms with Gasteiger partial charge in [-0.1, -0.05) is 91.0 Å². The van der Waals surface area contributed by atoms with E-state index in [1.54, 1.807) is 6.07 Å². The topological polar surface area (TPSA) is 57.4 Å². The average Bonchev–Trinajstić information content (AvgIpc) is 3.93. The number of benzene rings is 8. The van der Waals surface area contributed by atoms with Crippen molar-refractivity contribution in [2.45, 2.75) is 27.7 Å². The first-order valence-electron chi connectivity index (χ1n) is 20.9. The summed E-state index contributed by atoms with van der Waals surface area (Å²) in [4.78, 5) is 0. The highest BCUT2D eigenvalue weighted by atomic mass is 15.0. The SMILES string of the molecule is Cc1cc(-c2ccc3ccn(-c4ccccc4)c3c2)cc(C)c1-c1cc(-c2ccc(C#N)c(C#N)c2)cc(-c2c(C)cc(-c3ccc4ccn(-c5ccccc5)c4c3)cc2C)c1. The van der Waals surface area contributed by atoms with Gasteiger partial charge in [0.05, 0.1) is 22.2 Å². The Bertz CT molecular complexity index is 3220. The Balaban J connectivity index is 1.09. The van der Waals surface area contributed by atoms with Crippen LogP contribution in [-0.4, -0.2) is 9.13 Å². The summed E-state index contributed by atoms with van der Waals surface area (Å²) in [5, 5.41) is 22.1. The molecule has 0 radical (unpaired) electrons. The van der Waals surface area contributed by atoms with Crippen molar-refractivity contribution in [3.8, 4) is 79.1 Å². The number of nitrogens with zero attached hydrogens (tertiary/aromatic N) is 4. The monoisotopic (exact) mass is 794 g/mol. The van der Waals surface area contributed by atoms with Gasteiger partial charge >= 0.3 is 0 Å². The van der Waals surface area contributed by atoms with Crippen LogP contribution < -0.4 is 0 Å². The first kappa shape index (κ1) is 38.0. The van der Waals surface area contributed by atoms with E-state index >= 15 is 0 Å². The molecule has 0 aliphatic heterocycles. The van der Waals surface area contributed by atoms with Crippen LogP contribution in [0.5, 0.6) is 0 Å². The van der Waals surface area contributed by atoms with Crippen molar-refractivity contribution in [3.63, 3.8) is 0 Å². The largest absolute Gasteiger partial charge is 0.317 e. The molecule has 0 aliphatic carbocycles.